The molecule has 0 saturated carbocycles. The third-order valence-electron chi connectivity index (χ3n) is 5.33. The summed E-state index contributed by atoms with van der Waals surface area (Å²) in [5, 5.41) is 3.68. The number of anilines is 2. The van der Waals surface area contributed by atoms with Crippen LogP contribution >= 0.6 is 11.6 Å². The van der Waals surface area contributed by atoms with Gasteiger partial charge in [-0.1, -0.05) is 11.6 Å². The first-order valence-corrected chi connectivity index (χ1v) is 9.67. The normalized spacial score (nSPS) is 19.5. The lowest BCUT2D eigenvalue weighted by molar-refractivity contribution is -0.122. The molecule has 1 amide bonds. The second-order valence-electron chi connectivity index (χ2n) is 7.34. The predicted octanol–water partition coefficient (Wildman–Crippen LogP) is 3.34. The number of piperazine rings is 1. The molecule has 0 bridgehead atoms. The summed E-state index contributed by atoms with van der Waals surface area (Å²) < 4.78 is 5.78. The van der Waals surface area contributed by atoms with Crippen molar-refractivity contribution in [3.63, 3.8) is 0 Å². The van der Waals surface area contributed by atoms with E-state index in [-0.39, 0.29) is 5.91 Å². The minimum Gasteiger partial charge on any atom is -0.480 e. The zero-order valence-electron chi connectivity index (χ0n) is 15.7. The van der Waals surface area contributed by atoms with Crippen LogP contribution in [0.4, 0.5) is 11.4 Å². The molecule has 2 heterocycles. The van der Waals surface area contributed by atoms with Crippen LogP contribution in [0.15, 0.2) is 36.4 Å². The average molecular weight is 386 g/mol. The summed E-state index contributed by atoms with van der Waals surface area (Å²) in [7, 11) is 2.15. The first kappa shape index (κ1) is 18.1. The van der Waals surface area contributed by atoms with Gasteiger partial charge in [-0.25, -0.2) is 0 Å². The van der Waals surface area contributed by atoms with Crippen molar-refractivity contribution in [1.82, 2.24) is 4.90 Å². The summed E-state index contributed by atoms with van der Waals surface area (Å²) >= 11 is 6.03. The fraction of sp³-hybridized carbons (Fsp3) is 0.381. The van der Waals surface area contributed by atoms with Crippen LogP contribution in [0.3, 0.4) is 0 Å². The van der Waals surface area contributed by atoms with Gasteiger partial charge in [0.1, 0.15) is 5.75 Å². The van der Waals surface area contributed by atoms with E-state index in [0.717, 1.165) is 48.7 Å². The lowest BCUT2D eigenvalue weighted by Crippen LogP contribution is -2.44. The average Bonchev–Trinajstić information content (AvgIpc) is 3.07. The Kier molecular flexibility index (Phi) is 4.98. The molecule has 1 atom stereocenters. The molecule has 1 fully saturated rings. The fourth-order valence-electron chi connectivity index (χ4n) is 3.63. The van der Waals surface area contributed by atoms with Gasteiger partial charge in [0, 0.05) is 49.0 Å². The number of ether oxygens (including phenoxy) is 1. The van der Waals surface area contributed by atoms with Gasteiger partial charge in [0.25, 0.3) is 5.91 Å². The SMILES string of the molecule is Cc1cc(N2CCN(C)CC2)ccc1NC(=O)C1Cc2cc(Cl)ccc2O1. The molecule has 1 unspecified atom stereocenters. The number of nitrogens with zero attached hydrogens (tertiary/aromatic N) is 2. The molecule has 2 aromatic rings. The molecule has 2 aliphatic rings. The quantitative estimate of drug-likeness (QED) is 0.880. The second-order valence-corrected chi connectivity index (χ2v) is 7.78. The Morgan fingerprint density at radius 2 is 1.93 bits per heavy atom. The van der Waals surface area contributed by atoms with E-state index in [0.29, 0.717) is 11.4 Å². The van der Waals surface area contributed by atoms with Crippen molar-refractivity contribution in [3.05, 3.63) is 52.5 Å². The molecule has 2 aromatic carbocycles. The maximum absolute atomic E-state index is 12.7. The summed E-state index contributed by atoms with van der Waals surface area (Å²) in [4.78, 5) is 17.4. The molecule has 2 aliphatic heterocycles. The highest BCUT2D eigenvalue weighted by Gasteiger charge is 2.29. The number of nitrogens with one attached hydrogen (secondary N) is 1. The van der Waals surface area contributed by atoms with Gasteiger partial charge in [0.05, 0.1) is 0 Å². The van der Waals surface area contributed by atoms with E-state index >= 15 is 0 Å². The third-order valence-corrected chi connectivity index (χ3v) is 5.56. The molecule has 142 valence electrons. The largest absolute Gasteiger partial charge is 0.480 e. The number of hydrogen-bond donors (Lipinski definition) is 1. The fourth-order valence-corrected chi connectivity index (χ4v) is 3.82. The summed E-state index contributed by atoms with van der Waals surface area (Å²) in [5.41, 5.74) is 4.07. The standard InChI is InChI=1S/C21H24ClN3O2/c1-14-11-17(25-9-7-24(2)8-10-25)4-5-18(14)23-21(26)20-13-15-12-16(22)3-6-19(15)27-20/h3-6,11-12,20H,7-10,13H2,1-2H3,(H,23,26). The van der Waals surface area contributed by atoms with Crippen molar-refractivity contribution in [2.24, 2.45) is 0 Å². The van der Waals surface area contributed by atoms with Gasteiger partial charge in [0.2, 0.25) is 0 Å². The number of carbonyl (C=O) groups is 1. The lowest BCUT2D eigenvalue weighted by Gasteiger charge is -2.34. The zero-order valence-corrected chi connectivity index (χ0v) is 16.4. The Morgan fingerprint density at radius 1 is 1.15 bits per heavy atom. The van der Waals surface area contributed by atoms with Gasteiger partial charge < -0.3 is 19.9 Å². The highest BCUT2D eigenvalue weighted by atomic mass is 35.5. The van der Waals surface area contributed by atoms with Crippen molar-refractivity contribution >= 4 is 28.9 Å². The van der Waals surface area contributed by atoms with Crippen LogP contribution in [-0.2, 0) is 11.2 Å². The van der Waals surface area contributed by atoms with Crippen LogP contribution in [0.1, 0.15) is 11.1 Å². The van der Waals surface area contributed by atoms with Gasteiger partial charge in [-0.3, -0.25) is 4.79 Å². The molecule has 1 saturated heterocycles. The molecule has 0 aromatic heterocycles. The van der Waals surface area contributed by atoms with Gasteiger partial charge in [-0.2, -0.15) is 0 Å². The molecule has 4 rings (SSSR count). The number of halogens is 1. The molecule has 5 nitrogen and oxygen atoms in total. The summed E-state index contributed by atoms with van der Waals surface area (Å²) in [6.45, 7) is 6.22. The van der Waals surface area contributed by atoms with E-state index in [2.05, 4.69) is 34.3 Å². The molecule has 1 N–H and O–H groups in total. The number of amides is 1. The van der Waals surface area contributed by atoms with E-state index in [4.69, 9.17) is 16.3 Å². The molecule has 0 aliphatic carbocycles. The van der Waals surface area contributed by atoms with Crippen molar-refractivity contribution in [3.8, 4) is 5.75 Å². The molecule has 0 spiro atoms. The third kappa shape index (κ3) is 3.89. The van der Waals surface area contributed by atoms with Crippen LogP contribution < -0.4 is 15.0 Å². The summed E-state index contributed by atoms with van der Waals surface area (Å²) in [6.07, 6.45) is 0.0235. The van der Waals surface area contributed by atoms with Crippen LogP contribution in [0.25, 0.3) is 0 Å². The Morgan fingerprint density at radius 3 is 2.67 bits per heavy atom. The van der Waals surface area contributed by atoms with Gasteiger partial charge in [-0.15, -0.1) is 0 Å². The van der Waals surface area contributed by atoms with Crippen LogP contribution in [0, 0.1) is 6.92 Å². The van der Waals surface area contributed by atoms with Gasteiger partial charge in [0.15, 0.2) is 6.10 Å². The van der Waals surface area contributed by atoms with E-state index in [1.165, 1.54) is 5.69 Å². The maximum Gasteiger partial charge on any atom is 0.265 e. The lowest BCUT2D eigenvalue weighted by atomic mass is 10.1. The van der Waals surface area contributed by atoms with Crippen molar-refractivity contribution in [2.45, 2.75) is 19.4 Å². The maximum atomic E-state index is 12.7. The minimum absolute atomic E-state index is 0.127. The Balaban J connectivity index is 1.42. The summed E-state index contributed by atoms with van der Waals surface area (Å²) in [6, 6.07) is 11.7. The molecule has 6 heteroatoms. The number of benzene rings is 2. The Labute approximate surface area is 164 Å². The number of likely N-dealkylation sites (N-methyl/N-ethyl adjacent to an activating group) is 1. The van der Waals surface area contributed by atoms with Crippen molar-refractivity contribution in [2.75, 3.05) is 43.4 Å². The van der Waals surface area contributed by atoms with E-state index < -0.39 is 6.10 Å². The van der Waals surface area contributed by atoms with Gasteiger partial charge in [-0.05, 0) is 61.5 Å². The highest BCUT2D eigenvalue weighted by molar-refractivity contribution is 6.30. The van der Waals surface area contributed by atoms with Crippen LogP contribution in [0.2, 0.25) is 5.02 Å². The van der Waals surface area contributed by atoms with Gasteiger partial charge >= 0.3 is 0 Å². The van der Waals surface area contributed by atoms with Crippen molar-refractivity contribution in [1.29, 1.82) is 0 Å². The Hall–Kier alpha value is -2.24. The number of hydrogen-bond acceptors (Lipinski definition) is 4. The van der Waals surface area contributed by atoms with Crippen LogP contribution in [-0.4, -0.2) is 50.1 Å². The molecule has 27 heavy (non-hydrogen) atoms. The number of carbonyl (C=O) groups excluding carboxylic acids is 1. The molecule has 0 radical (unpaired) electrons. The highest BCUT2D eigenvalue weighted by Crippen LogP contribution is 2.32. The second kappa shape index (κ2) is 7.41. The first-order valence-electron chi connectivity index (χ1n) is 9.30. The first-order chi connectivity index (χ1) is 13.0. The molecular weight excluding hydrogens is 362 g/mol. The van der Waals surface area contributed by atoms with Crippen LogP contribution in [0.5, 0.6) is 5.75 Å². The van der Waals surface area contributed by atoms with Crippen molar-refractivity contribution < 1.29 is 9.53 Å². The number of rotatable bonds is 3. The smallest absolute Gasteiger partial charge is 0.265 e. The summed E-state index contributed by atoms with van der Waals surface area (Å²) in [5.74, 6) is 0.611. The monoisotopic (exact) mass is 385 g/mol. The minimum atomic E-state index is -0.518. The molecular formula is C21H24ClN3O2. The zero-order chi connectivity index (χ0) is 19.0. The number of aryl methyl sites for hydroxylation is 1. The number of fused-ring (bicyclic) bond motifs is 1. The van der Waals surface area contributed by atoms with E-state index in [1.54, 1.807) is 6.07 Å². The topological polar surface area (TPSA) is 44.8 Å². The van der Waals surface area contributed by atoms with E-state index in [1.807, 2.05) is 25.1 Å². The Bertz CT molecular complexity index is 863. The van der Waals surface area contributed by atoms with E-state index in [9.17, 15) is 4.79 Å². The predicted molar refractivity (Wildman–Crippen MR) is 109 cm³/mol.